The molecule has 7 heteroatoms. The Labute approximate surface area is 141 Å². The van der Waals surface area contributed by atoms with Gasteiger partial charge in [-0.2, -0.15) is 0 Å². The Kier molecular flexibility index (Phi) is 4.47. The molecule has 0 unspecified atom stereocenters. The van der Waals surface area contributed by atoms with Crippen molar-refractivity contribution in [2.75, 3.05) is 5.32 Å². The Balaban J connectivity index is 1.65. The highest BCUT2D eigenvalue weighted by Gasteiger charge is 2.13. The Morgan fingerprint density at radius 2 is 1.92 bits per heavy atom. The molecule has 0 aliphatic rings. The quantitative estimate of drug-likeness (QED) is 0.723. The molecule has 0 radical (unpaired) electrons. The van der Waals surface area contributed by atoms with E-state index in [0.717, 1.165) is 0 Å². The van der Waals surface area contributed by atoms with Gasteiger partial charge in [0.1, 0.15) is 5.82 Å². The summed E-state index contributed by atoms with van der Waals surface area (Å²) in [5.41, 5.74) is 1.42. The van der Waals surface area contributed by atoms with E-state index in [0.29, 0.717) is 16.8 Å². The lowest BCUT2D eigenvalue weighted by molar-refractivity contribution is -0.116. The molecule has 25 heavy (non-hydrogen) atoms. The van der Waals surface area contributed by atoms with E-state index in [9.17, 15) is 18.8 Å². The summed E-state index contributed by atoms with van der Waals surface area (Å²) in [5, 5.41) is 2.65. The van der Waals surface area contributed by atoms with Gasteiger partial charge in [-0.05, 0) is 30.3 Å². The highest BCUT2D eigenvalue weighted by molar-refractivity contribution is 6.00. The maximum absolute atomic E-state index is 13.5. The lowest BCUT2D eigenvalue weighted by atomic mass is 10.1. The average Bonchev–Trinajstić information content (AvgIpc) is 2.87. The lowest BCUT2D eigenvalue weighted by Gasteiger charge is -2.06. The van der Waals surface area contributed by atoms with E-state index in [1.54, 1.807) is 31.3 Å². The normalized spacial score (nSPS) is 10.8. The third-order valence-corrected chi connectivity index (χ3v) is 3.83. The average molecular weight is 342 g/mol. The van der Waals surface area contributed by atoms with Gasteiger partial charge in [-0.15, -0.1) is 0 Å². The predicted octanol–water partition coefficient (Wildman–Crippen LogP) is 2.87. The molecule has 128 valence electrons. The van der Waals surface area contributed by atoms with Gasteiger partial charge in [-0.25, -0.2) is 9.18 Å². The van der Waals surface area contributed by atoms with Crippen LogP contribution in [0.4, 0.5) is 10.1 Å². The molecule has 3 rings (SSSR count). The second-order valence-electron chi connectivity index (χ2n) is 5.56. The molecule has 6 nitrogen and oxygen atoms in total. The minimum absolute atomic E-state index is 0.0230. The number of carbonyl (C=O) groups excluding carboxylic acids is 2. The molecule has 0 aliphatic heterocycles. The number of rotatable bonds is 5. The number of aromatic nitrogens is 1. The number of carbonyl (C=O) groups is 2. The first-order chi connectivity index (χ1) is 12.0. The van der Waals surface area contributed by atoms with Gasteiger partial charge in [0.15, 0.2) is 11.4 Å². The third-order valence-electron chi connectivity index (χ3n) is 3.83. The molecule has 2 aromatic carbocycles. The van der Waals surface area contributed by atoms with Crippen LogP contribution in [0.5, 0.6) is 0 Å². The van der Waals surface area contributed by atoms with Crippen molar-refractivity contribution in [3.8, 4) is 0 Å². The number of fused-ring (bicyclic) bond motifs is 1. The van der Waals surface area contributed by atoms with Crippen molar-refractivity contribution >= 4 is 28.5 Å². The number of Topliss-reactive ketones (excluding diaryl/α,β-unsaturated/α-hetero) is 1. The van der Waals surface area contributed by atoms with E-state index in [-0.39, 0.29) is 24.3 Å². The molecule has 0 saturated carbocycles. The number of oxazole rings is 1. The number of aryl methyl sites for hydroxylation is 1. The van der Waals surface area contributed by atoms with E-state index in [1.807, 2.05) is 0 Å². The summed E-state index contributed by atoms with van der Waals surface area (Å²) < 4.78 is 19.9. The molecule has 0 fully saturated rings. The molecule has 0 saturated heterocycles. The molecule has 0 aliphatic carbocycles. The van der Waals surface area contributed by atoms with E-state index >= 15 is 0 Å². The molecule has 0 atom stereocenters. The minimum Gasteiger partial charge on any atom is -0.408 e. The molecule has 0 bridgehead atoms. The van der Waals surface area contributed by atoms with Crippen LogP contribution in [0.25, 0.3) is 11.1 Å². The summed E-state index contributed by atoms with van der Waals surface area (Å²) in [6, 6.07) is 10.5. The molecule has 1 heterocycles. The number of ketones is 1. The van der Waals surface area contributed by atoms with Crippen LogP contribution in [0.3, 0.4) is 0 Å². The van der Waals surface area contributed by atoms with Crippen LogP contribution in [-0.4, -0.2) is 16.3 Å². The second kappa shape index (κ2) is 6.72. The van der Waals surface area contributed by atoms with E-state index < -0.39 is 17.4 Å². The van der Waals surface area contributed by atoms with Crippen LogP contribution in [0.2, 0.25) is 0 Å². The van der Waals surface area contributed by atoms with Crippen LogP contribution in [-0.2, 0) is 11.8 Å². The summed E-state index contributed by atoms with van der Waals surface area (Å²) in [6.45, 7) is 0. The number of hydrogen-bond donors (Lipinski definition) is 1. The molecule has 3 aromatic rings. The maximum atomic E-state index is 13.5. The Bertz CT molecular complexity index is 1020. The van der Waals surface area contributed by atoms with Crippen LogP contribution in [0.15, 0.2) is 51.7 Å². The number of nitrogens with zero attached hydrogens (tertiary/aromatic N) is 1. The SMILES string of the molecule is Cn1c(=O)oc2ccc(NC(=O)CCC(=O)c3ccccc3F)cc21. The van der Waals surface area contributed by atoms with Crippen molar-refractivity contribution in [1.82, 2.24) is 4.57 Å². The van der Waals surface area contributed by atoms with Gasteiger partial charge in [0.2, 0.25) is 5.91 Å². The first kappa shape index (κ1) is 16.6. The Hall–Kier alpha value is -3.22. The monoisotopic (exact) mass is 342 g/mol. The highest BCUT2D eigenvalue weighted by Crippen LogP contribution is 2.18. The third kappa shape index (κ3) is 3.50. The van der Waals surface area contributed by atoms with Gasteiger partial charge in [-0.3, -0.25) is 14.2 Å². The predicted molar refractivity (Wildman–Crippen MR) is 90.0 cm³/mol. The first-order valence-corrected chi connectivity index (χ1v) is 7.63. The summed E-state index contributed by atoms with van der Waals surface area (Å²) in [6.07, 6.45) is -0.172. The van der Waals surface area contributed by atoms with Gasteiger partial charge < -0.3 is 9.73 Å². The Morgan fingerprint density at radius 1 is 1.16 bits per heavy atom. The van der Waals surface area contributed by atoms with Crippen molar-refractivity contribution < 1.29 is 18.4 Å². The first-order valence-electron chi connectivity index (χ1n) is 7.63. The number of nitrogens with one attached hydrogen (secondary N) is 1. The molecular weight excluding hydrogens is 327 g/mol. The smallest absolute Gasteiger partial charge is 0.408 e. The van der Waals surface area contributed by atoms with E-state index in [2.05, 4.69) is 5.32 Å². The van der Waals surface area contributed by atoms with Crippen LogP contribution in [0.1, 0.15) is 23.2 Å². The molecule has 1 amide bonds. The van der Waals surface area contributed by atoms with Gasteiger partial charge in [0.25, 0.3) is 0 Å². The van der Waals surface area contributed by atoms with E-state index in [4.69, 9.17) is 4.42 Å². The highest BCUT2D eigenvalue weighted by atomic mass is 19.1. The number of amides is 1. The summed E-state index contributed by atoms with van der Waals surface area (Å²) in [5.74, 6) is -1.90. The summed E-state index contributed by atoms with van der Waals surface area (Å²) in [4.78, 5) is 35.4. The largest absolute Gasteiger partial charge is 0.419 e. The van der Waals surface area contributed by atoms with Gasteiger partial charge >= 0.3 is 5.76 Å². The van der Waals surface area contributed by atoms with Crippen molar-refractivity contribution in [1.29, 1.82) is 0 Å². The molecular formula is C18H15FN2O4. The van der Waals surface area contributed by atoms with Crippen molar-refractivity contribution in [2.24, 2.45) is 7.05 Å². The second-order valence-corrected chi connectivity index (χ2v) is 5.56. The number of hydrogen-bond acceptors (Lipinski definition) is 4. The molecule has 1 N–H and O–H groups in total. The fourth-order valence-electron chi connectivity index (χ4n) is 2.48. The van der Waals surface area contributed by atoms with Crippen molar-refractivity contribution in [3.05, 3.63) is 64.4 Å². The lowest BCUT2D eigenvalue weighted by Crippen LogP contribution is -2.14. The summed E-state index contributed by atoms with van der Waals surface area (Å²) >= 11 is 0. The van der Waals surface area contributed by atoms with Crippen molar-refractivity contribution in [3.63, 3.8) is 0 Å². The summed E-state index contributed by atoms with van der Waals surface area (Å²) in [7, 11) is 1.56. The van der Waals surface area contributed by atoms with Gasteiger partial charge in [-0.1, -0.05) is 12.1 Å². The zero-order valence-electron chi connectivity index (χ0n) is 13.4. The Morgan fingerprint density at radius 3 is 2.68 bits per heavy atom. The van der Waals surface area contributed by atoms with Crippen LogP contribution in [0, 0.1) is 5.82 Å². The number of anilines is 1. The molecule has 0 spiro atoms. The fraction of sp³-hybridized carbons (Fsp3) is 0.167. The van der Waals surface area contributed by atoms with Crippen molar-refractivity contribution in [2.45, 2.75) is 12.8 Å². The zero-order chi connectivity index (χ0) is 18.0. The van der Waals surface area contributed by atoms with Crippen LogP contribution < -0.4 is 11.1 Å². The number of halogens is 1. The fourth-order valence-corrected chi connectivity index (χ4v) is 2.48. The zero-order valence-corrected chi connectivity index (χ0v) is 13.4. The molecule has 1 aromatic heterocycles. The van der Waals surface area contributed by atoms with Crippen LogP contribution >= 0.6 is 0 Å². The van der Waals surface area contributed by atoms with E-state index in [1.165, 1.54) is 22.8 Å². The minimum atomic E-state index is -0.598. The number of benzene rings is 2. The maximum Gasteiger partial charge on any atom is 0.419 e. The standard InChI is InChI=1S/C18H15FN2O4/c1-21-14-10-11(6-8-16(14)25-18(21)24)20-17(23)9-7-15(22)12-4-2-3-5-13(12)19/h2-6,8,10H,7,9H2,1H3,(H,20,23). The van der Waals surface area contributed by atoms with Gasteiger partial charge in [0.05, 0.1) is 11.1 Å². The topological polar surface area (TPSA) is 81.3 Å². The van der Waals surface area contributed by atoms with Gasteiger partial charge in [0, 0.05) is 25.6 Å².